The van der Waals surface area contributed by atoms with Crippen LogP contribution in [0, 0.1) is 5.92 Å². The number of ether oxygens (including phenoxy) is 1. The summed E-state index contributed by atoms with van der Waals surface area (Å²) >= 11 is 5.30. The van der Waals surface area contributed by atoms with Crippen LogP contribution in [-0.2, 0) is 20.5 Å². The number of rotatable bonds is 4. The zero-order chi connectivity index (χ0) is 26.4. The zero-order valence-electron chi connectivity index (χ0n) is 20.1. The number of fused-ring (bicyclic) bond motifs is 3. The van der Waals surface area contributed by atoms with Crippen molar-refractivity contribution in [3.05, 3.63) is 65.2 Å². The van der Waals surface area contributed by atoms with Crippen molar-refractivity contribution in [2.75, 3.05) is 24.9 Å². The SMILES string of the molecule is C=O.C=O.CCCCCl.CNC1COC2c3cc(C(F)(F)F)ccc3NC(c3ccccc3)C2C1. The third kappa shape index (κ3) is 8.33. The minimum Gasteiger partial charge on any atom is -0.378 e. The van der Waals surface area contributed by atoms with Crippen LogP contribution >= 0.6 is 11.6 Å². The molecule has 35 heavy (non-hydrogen) atoms. The lowest BCUT2D eigenvalue weighted by Gasteiger charge is -2.45. The van der Waals surface area contributed by atoms with Crippen LogP contribution in [0.15, 0.2) is 48.5 Å². The van der Waals surface area contributed by atoms with Gasteiger partial charge in [-0.3, -0.25) is 0 Å². The molecule has 1 saturated heterocycles. The molecule has 0 saturated carbocycles. The number of carbonyl (C=O) groups excluding carboxylic acids is 2. The second-order valence-corrected chi connectivity index (χ2v) is 8.39. The summed E-state index contributed by atoms with van der Waals surface area (Å²) in [5.41, 5.74) is 1.81. The summed E-state index contributed by atoms with van der Waals surface area (Å²) in [5.74, 6) is 0.871. The number of hydrogen-bond acceptors (Lipinski definition) is 5. The van der Waals surface area contributed by atoms with Crippen LogP contribution in [0.3, 0.4) is 0 Å². The normalized spacial score (nSPS) is 22.2. The highest BCUT2D eigenvalue weighted by atomic mass is 35.5. The third-order valence-electron chi connectivity index (χ3n) is 5.90. The number of hydrogen-bond donors (Lipinski definition) is 2. The number of carbonyl (C=O) groups is 2. The largest absolute Gasteiger partial charge is 0.416 e. The molecule has 0 bridgehead atoms. The molecule has 2 aromatic carbocycles. The van der Waals surface area contributed by atoms with E-state index in [9.17, 15) is 13.2 Å². The molecule has 9 heteroatoms. The molecule has 0 aromatic heterocycles. The number of nitrogens with one attached hydrogen (secondary N) is 2. The molecule has 1 fully saturated rings. The Morgan fingerprint density at radius 1 is 1.11 bits per heavy atom. The van der Waals surface area contributed by atoms with Crippen molar-refractivity contribution >= 4 is 30.9 Å². The molecule has 2 aliphatic heterocycles. The molecule has 4 rings (SSSR count). The molecule has 5 nitrogen and oxygen atoms in total. The van der Waals surface area contributed by atoms with Crippen molar-refractivity contribution in [2.24, 2.45) is 5.92 Å². The number of likely N-dealkylation sites (N-methyl/N-ethyl adjacent to an activating group) is 1. The van der Waals surface area contributed by atoms with E-state index >= 15 is 0 Å². The predicted octanol–water partition coefficient (Wildman–Crippen LogP) is 6.19. The van der Waals surface area contributed by atoms with E-state index in [4.69, 9.17) is 25.9 Å². The molecule has 0 radical (unpaired) electrons. The number of anilines is 1. The van der Waals surface area contributed by atoms with Gasteiger partial charge in [0.05, 0.1) is 24.3 Å². The van der Waals surface area contributed by atoms with Crippen LogP contribution in [0.2, 0.25) is 0 Å². The maximum absolute atomic E-state index is 13.2. The standard InChI is InChI=1S/C20H21F3N2O.C4H9Cl.2CH2O/c1-24-14-10-16-18(12-5-3-2-4-6-12)25-17-8-7-13(20(21,22)23)9-15(17)19(16)26-11-14;1-2-3-4-5;2*1-2/h2-9,14,16,18-19,24-25H,10-11H2,1H3;2-4H2,1H3;2*1H2. The van der Waals surface area contributed by atoms with Gasteiger partial charge in [0.15, 0.2) is 0 Å². The van der Waals surface area contributed by atoms with Gasteiger partial charge in [0, 0.05) is 29.1 Å². The first kappa shape index (κ1) is 30.6. The van der Waals surface area contributed by atoms with Gasteiger partial charge in [-0.25, -0.2) is 0 Å². The van der Waals surface area contributed by atoms with Crippen molar-refractivity contribution in [2.45, 2.75) is 50.6 Å². The van der Waals surface area contributed by atoms with Gasteiger partial charge in [-0.1, -0.05) is 43.7 Å². The van der Waals surface area contributed by atoms with Crippen LogP contribution in [0.25, 0.3) is 0 Å². The highest BCUT2D eigenvalue weighted by Crippen LogP contribution is 2.50. The van der Waals surface area contributed by atoms with E-state index in [1.165, 1.54) is 18.6 Å². The smallest absolute Gasteiger partial charge is 0.378 e. The molecule has 4 unspecified atom stereocenters. The first-order chi connectivity index (χ1) is 16.9. The van der Waals surface area contributed by atoms with Crippen LogP contribution in [-0.4, -0.2) is 39.2 Å². The van der Waals surface area contributed by atoms with Crippen LogP contribution in [0.1, 0.15) is 55.0 Å². The Balaban J connectivity index is 0.000000598. The fourth-order valence-electron chi connectivity index (χ4n) is 4.20. The summed E-state index contributed by atoms with van der Waals surface area (Å²) in [6.45, 7) is 6.62. The monoisotopic (exact) mass is 514 g/mol. The highest BCUT2D eigenvalue weighted by molar-refractivity contribution is 6.17. The van der Waals surface area contributed by atoms with Gasteiger partial charge in [0.2, 0.25) is 0 Å². The van der Waals surface area contributed by atoms with E-state index < -0.39 is 11.7 Å². The summed E-state index contributed by atoms with van der Waals surface area (Å²) in [5, 5.41) is 6.70. The fraction of sp³-hybridized carbons (Fsp3) is 0.462. The summed E-state index contributed by atoms with van der Waals surface area (Å²) in [7, 11) is 1.89. The maximum atomic E-state index is 13.2. The Kier molecular flexibility index (Phi) is 13.6. The number of unbranched alkanes of at least 4 members (excludes halogenated alkanes) is 1. The van der Waals surface area contributed by atoms with Crippen molar-refractivity contribution < 1.29 is 27.5 Å². The van der Waals surface area contributed by atoms with Crippen LogP contribution in [0.4, 0.5) is 18.9 Å². The zero-order valence-corrected chi connectivity index (χ0v) is 20.9. The van der Waals surface area contributed by atoms with Gasteiger partial charge in [0.1, 0.15) is 13.6 Å². The topological polar surface area (TPSA) is 67.4 Å². The number of alkyl halides is 4. The first-order valence-corrected chi connectivity index (χ1v) is 11.9. The van der Waals surface area contributed by atoms with E-state index in [1.807, 2.05) is 51.0 Å². The quantitative estimate of drug-likeness (QED) is 0.476. The van der Waals surface area contributed by atoms with E-state index in [0.717, 1.165) is 36.0 Å². The van der Waals surface area contributed by atoms with Crippen molar-refractivity contribution in [1.82, 2.24) is 5.32 Å². The molecule has 2 aliphatic rings. The summed E-state index contributed by atoms with van der Waals surface area (Å²) in [4.78, 5) is 16.0. The van der Waals surface area contributed by atoms with Gasteiger partial charge < -0.3 is 25.0 Å². The Labute approximate surface area is 210 Å². The molecular weight excluding hydrogens is 481 g/mol. The molecular formula is C26H34ClF3N2O3. The van der Waals surface area contributed by atoms with E-state index in [1.54, 1.807) is 0 Å². The van der Waals surface area contributed by atoms with Crippen molar-refractivity contribution in [1.29, 1.82) is 0 Å². The number of benzene rings is 2. The van der Waals surface area contributed by atoms with Gasteiger partial charge in [-0.05, 0) is 43.7 Å². The van der Waals surface area contributed by atoms with E-state index in [-0.39, 0.29) is 24.1 Å². The second-order valence-electron chi connectivity index (χ2n) is 8.01. The molecule has 0 aliphatic carbocycles. The molecule has 0 amide bonds. The summed E-state index contributed by atoms with van der Waals surface area (Å²) < 4.78 is 45.6. The van der Waals surface area contributed by atoms with Crippen LogP contribution < -0.4 is 10.6 Å². The molecule has 194 valence electrons. The van der Waals surface area contributed by atoms with E-state index in [2.05, 4.69) is 17.6 Å². The van der Waals surface area contributed by atoms with E-state index in [0.29, 0.717) is 12.2 Å². The minimum atomic E-state index is -4.36. The van der Waals surface area contributed by atoms with Crippen molar-refractivity contribution in [3.63, 3.8) is 0 Å². The predicted molar refractivity (Wildman–Crippen MR) is 134 cm³/mol. The first-order valence-electron chi connectivity index (χ1n) is 11.3. The lowest BCUT2D eigenvalue weighted by atomic mass is 9.76. The molecule has 4 atom stereocenters. The third-order valence-corrected chi connectivity index (χ3v) is 6.17. The van der Waals surface area contributed by atoms with Gasteiger partial charge in [0.25, 0.3) is 0 Å². The molecule has 2 N–H and O–H groups in total. The maximum Gasteiger partial charge on any atom is 0.416 e. The molecule has 2 aromatic rings. The fourth-order valence-corrected chi connectivity index (χ4v) is 4.47. The van der Waals surface area contributed by atoms with Crippen molar-refractivity contribution in [3.8, 4) is 0 Å². The lowest BCUT2D eigenvalue weighted by Crippen LogP contribution is -2.45. The average molecular weight is 515 g/mol. The number of halogens is 4. The highest BCUT2D eigenvalue weighted by Gasteiger charge is 2.43. The Hall–Kier alpha value is -2.42. The molecule has 2 heterocycles. The Bertz CT molecular complexity index is 867. The van der Waals surface area contributed by atoms with Gasteiger partial charge in [-0.15, -0.1) is 11.6 Å². The molecule has 0 spiro atoms. The van der Waals surface area contributed by atoms with Crippen LogP contribution in [0.5, 0.6) is 0 Å². The lowest BCUT2D eigenvalue weighted by molar-refractivity contribution is -0.137. The summed E-state index contributed by atoms with van der Waals surface area (Å²) in [6, 6.07) is 14.1. The summed E-state index contributed by atoms with van der Waals surface area (Å²) in [6.07, 6.45) is -1.50. The van der Waals surface area contributed by atoms with Gasteiger partial charge in [-0.2, -0.15) is 13.2 Å². The Morgan fingerprint density at radius 3 is 2.29 bits per heavy atom. The van der Waals surface area contributed by atoms with Gasteiger partial charge >= 0.3 is 6.18 Å². The Morgan fingerprint density at radius 2 is 1.77 bits per heavy atom. The minimum absolute atomic E-state index is 0.00147. The average Bonchev–Trinajstić information content (AvgIpc) is 2.90. The second kappa shape index (κ2) is 15.5.